The van der Waals surface area contributed by atoms with Crippen LogP contribution in [0.3, 0.4) is 0 Å². The van der Waals surface area contributed by atoms with Crippen molar-refractivity contribution in [3.05, 3.63) is 0 Å². The third-order valence-electron chi connectivity index (χ3n) is 6.91. The summed E-state index contributed by atoms with van der Waals surface area (Å²) in [6.07, 6.45) is 10.9. The van der Waals surface area contributed by atoms with Crippen LogP contribution in [0.15, 0.2) is 0 Å². The second-order valence-corrected chi connectivity index (χ2v) is 12.4. The first-order chi connectivity index (χ1) is 12.4. The fourth-order valence-electron chi connectivity index (χ4n) is 5.77. The molecule has 0 aromatic rings. The van der Waals surface area contributed by atoms with Crippen molar-refractivity contribution in [2.75, 3.05) is 0 Å². The summed E-state index contributed by atoms with van der Waals surface area (Å²) in [6.45, 7) is 0. The van der Waals surface area contributed by atoms with E-state index in [1.54, 1.807) is 0 Å². The van der Waals surface area contributed by atoms with Gasteiger partial charge in [0.15, 0.2) is 0 Å². The van der Waals surface area contributed by atoms with Crippen LogP contribution in [-0.2, 0) is 9.32 Å². The van der Waals surface area contributed by atoms with Gasteiger partial charge in [0, 0.05) is 0 Å². The number of carbonyl (C=O) groups is 1. The van der Waals surface area contributed by atoms with E-state index >= 15 is 0 Å². The van der Waals surface area contributed by atoms with Gasteiger partial charge in [-0.3, -0.25) is 0 Å². The first-order valence-electron chi connectivity index (χ1n) is 10.6. The average molecular weight is 393 g/mol. The second kappa shape index (κ2) is 8.80. The summed E-state index contributed by atoms with van der Waals surface area (Å²) in [5.41, 5.74) is 0.649. The number of hydrogen-bond acceptors (Lipinski definition) is 2. The molecule has 0 spiro atoms. The Labute approximate surface area is 156 Å². The molecule has 0 unspecified atom stereocenters. The minimum Gasteiger partial charge on any atom is -0.303 e. The van der Waals surface area contributed by atoms with E-state index in [0.717, 1.165) is 77.0 Å². The lowest BCUT2D eigenvalue weighted by Crippen LogP contribution is -2.40. The van der Waals surface area contributed by atoms with Gasteiger partial charge in [-0.15, -0.1) is 0 Å². The fourth-order valence-corrected chi connectivity index (χ4v) is 11.9. The highest BCUT2D eigenvalue weighted by Gasteiger charge is 2.64. The quantitative estimate of drug-likeness (QED) is 0.480. The summed E-state index contributed by atoms with van der Waals surface area (Å²) in [6, 6.07) is 0. The minimum absolute atomic E-state index is 0.216. The van der Waals surface area contributed by atoms with Crippen molar-refractivity contribution in [2.24, 2.45) is 0 Å². The number of rotatable bonds is 4. The molecule has 0 N–H and O–H groups in total. The molecule has 0 aromatic carbocycles. The smallest absolute Gasteiger partial charge is 0.303 e. The van der Waals surface area contributed by atoms with Gasteiger partial charge in [0.25, 0.3) is 0 Å². The Balaban J connectivity index is 1.97. The van der Waals surface area contributed by atoms with Gasteiger partial charge in [0.2, 0.25) is 7.49 Å². The molecule has 0 atom stereocenters. The summed E-state index contributed by atoms with van der Waals surface area (Å²) in [4.78, 5) is 12.1. The highest BCUT2D eigenvalue weighted by atomic mass is 31.2. The van der Waals surface area contributed by atoms with Crippen molar-refractivity contribution in [3.8, 4) is 0 Å². The summed E-state index contributed by atoms with van der Waals surface area (Å²) in [5, 5.41) is 0. The summed E-state index contributed by atoms with van der Waals surface area (Å²) in [5.74, 6) is -1.90. The molecule has 150 valence electrons. The predicted octanol–water partition coefficient (Wildman–Crippen LogP) is 7.02. The number of alkyl halides is 3. The van der Waals surface area contributed by atoms with Crippen molar-refractivity contribution in [1.29, 1.82) is 0 Å². The molecular formula is C20H33F3O2P+. The third-order valence-corrected chi connectivity index (χ3v) is 12.4. The molecule has 26 heavy (non-hydrogen) atoms. The van der Waals surface area contributed by atoms with Crippen molar-refractivity contribution in [1.82, 2.24) is 0 Å². The largest absolute Gasteiger partial charge is 0.495 e. The van der Waals surface area contributed by atoms with Crippen LogP contribution in [-0.4, -0.2) is 29.1 Å². The van der Waals surface area contributed by atoms with Crippen LogP contribution >= 0.6 is 7.49 Å². The lowest BCUT2D eigenvalue weighted by atomic mass is 9.99. The molecule has 0 heterocycles. The van der Waals surface area contributed by atoms with Crippen LogP contribution in [0.5, 0.6) is 0 Å². The van der Waals surface area contributed by atoms with Gasteiger partial charge >= 0.3 is 12.1 Å². The topological polar surface area (TPSA) is 26.3 Å². The lowest BCUT2D eigenvalue weighted by molar-refractivity contribution is -0.189. The number of hydrogen-bond donors (Lipinski definition) is 0. The molecule has 0 bridgehead atoms. The Morgan fingerprint density at radius 3 is 1.23 bits per heavy atom. The SMILES string of the molecule is O=C(O[P+](C1CCCCC1)(C1CCCCC1)C1CCCCC1)C(F)(F)F. The highest BCUT2D eigenvalue weighted by Crippen LogP contribution is 2.78. The first-order valence-corrected chi connectivity index (χ1v) is 12.5. The molecule has 3 aliphatic carbocycles. The Bertz CT molecular complexity index is 417. The van der Waals surface area contributed by atoms with Crippen LogP contribution in [0.1, 0.15) is 96.3 Å². The molecule has 3 rings (SSSR count). The summed E-state index contributed by atoms with van der Waals surface area (Å²) in [7, 11) is -2.44. The lowest BCUT2D eigenvalue weighted by Gasteiger charge is -2.45. The Morgan fingerprint density at radius 2 is 0.962 bits per heavy atom. The molecule has 0 radical (unpaired) electrons. The number of halogens is 3. The van der Waals surface area contributed by atoms with Crippen LogP contribution in [0, 0.1) is 0 Å². The zero-order valence-electron chi connectivity index (χ0n) is 15.7. The molecule has 0 amide bonds. The zero-order valence-corrected chi connectivity index (χ0v) is 16.6. The Hall–Kier alpha value is -0.310. The van der Waals surface area contributed by atoms with Gasteiger partial charge in [0.05, 0.1) is 0 Å². The van der Waals surface area contributed by atoms with E-state index in [2.05, 4.69) is 0 Å². The first kappa shape index (κ1) is 20.4. The van der Waals surface area contributed by atoms with E-state index in [1.807, 2.05) is 0 Å². The minimum atomic E-state index is -4.87. The van der Waals surface area contributed by atoms with Crippen molar-refractivity contribution >= 4 is 13.5 Å². The van der Waals surface area contributed by atoms with Gasteiger partial charge in [-0.2, -0.15) is 13.2 Å². The highest BCUT2D eigenvalue weighted by molar-refractivity contribution is 7.73. The van der Waals surface area contributed by atoms with Crippen LogP contribution in [0.4, 0.5) is 13.2 Å². The average Bonchev–Trinajstić information content (AvgIpc) is 2.67. The summed E-state index contributed by atoms with van der Waals surface area (Å²) >= 11 is 0. The molecule has 3 aliphatic rings. The van der Waals surface area contributed by atoms with E-state index in [1.165, 1.54) is 19.3 Å². The molecule has 6 heteroatoms. The molecule has 0 aromatic heterocycles. The van der Waals surface area contributed by atoms with E-state index in [-0.39, 0.29) is 17.0 Å². The standard InChI is InChI=1S/C20H33F3O2P/c21-20(22,23)19(24)25-26(16-10-4-1-5-11-16,17-12-6-2-7-13-17)18-14-8-3-9-15-18/h16-18H,1-15H2/q+1. The maximum absolute atomic E-state index is 13.2. The normalized spacial score (nSPS) is 25.2. The van der Waals surface area contributed by atoms with E-state index in [9.17, 15) is 18.0 Å². The summed E-state index contributed by atoms with van der Waals surface area (Å²) < 4.78 is 45.4. The Morgan fingerprint density at radius 1 is 0.654 bits per heavy atom. The van der Waals surface area contributed by atoms with Gasteiger partial charge in [-0.1, -0.05) is 19.3 Å². The van der Waals surface area contributed by atoms with Crippen molar-refractivity contribution < 1.29 is 22.5 Å². The Kier molecular flexibility index (Phi) is 6.91. The van der Waals surface area contributed by atoms with Gasteiger partial charge in [0.1, 0.15) is 17.0 Å². The molecule has 0 saturated heterocycles. The van der Waals surface area contributed by atoms with E-state index in [4.69, 9.17) is 4.52 Å². The maximum Gasteiger partial charge on any atom is 0.495 e. The fraction of sp³-hybridized carbons (Fsp3) is 0.950. The monoisotopic (exact) mass is 393 g/mol. The third kappa shape index (κ3) is 4.39. The van der Waals surface area contributed by atoms with Crippen LogP contribution in [0.25, 0.3) is 0 Å². The number of carbonyl (C=O) groups excluding carboxylic acids is 1. The van der Waals surface area contributed by atoms with E-state index < -0.39 is 19.6 Å². The van der Waals surface area contributed by atoms with Gasteiger partial charge in [-0.05, 0) is 77.0 Å². The molecule has 0 aliphatic heterocycles. The predicted molar refractivity (Wildman–Crippen MR) is 99.7 cm³/mol. The molecule has 3 fully saturated rings. The molecular weight excluding hydrogens is 360 g/mol. The second-order valence-electron chi connectivity index (χ2n) is 8.52. The van der Waals surface area contributed by atoms with Crippen LogP contribution in [0.2, 0.25) is 0 Å². The maximum atomic E-state index is 13.2. The van der Waals surface area contributed by atoms with Gasteiger partial charge in [-0.25, -0.2) is 4.79 Å². The van der Waals surface area contributed by atoms with Crippen molar-refractivity contribution in [2.45, 2.75) is 119 Å². The van der Waals surface area contributed by atoms with Crippen molar-refractivity contribution in [3.63, 3.8) is 0 Å². The molecule has 3 saturated carbocycles. The van der Waals surface area contributed by atoms with Crippen LogP contribution < -0.4 is 0 Å². The van der Waals surface area contributed by atoms with E-state index in [0.29, 0.717) is 0 Å². The zero-order chi connectivity index (χ0) is 18.6. The van der Waals surface area contributed by atoms with Gasteiger partial charge < -0.3 is 4.52 Å². The molecule has 2 nitrogen and oxygen atoms in total.